The number of halogens is 1. The number of carbonyl (C=O) groups is 2. The first-order chi connectivity index (χ1) is 34.8. The maximum Gasteiger partial charge on any atom is 0.356 e. The number of carboxylic acids is 1. The number of aromatic carboxylic acids is 1. The minimum Gasteiger partial charge on any atom is -0.497 e. The Morgan fingerprint density at radius 1 is 0.620 bits per heavy atom. The number of hydrogen-bond acceptors (Lipinski definition) is 13. The number of H-pyrrole nitrogens is 2. The van der Waals surface area contributed by atoms with Crippen LogP contribution in [-0.2, 0) is 0 Å². The summed E-state index contributed by atoms with van der Waals surface area (Å²) in [5.41, 5.74) is 12.3. The van der Waals surface area contributed by atoms with Crippen molar-refractivity contribution in [1.82, 2.24) is 50.4 Å². The van der Waals surface area contributed by atoms with E-state index in [4.69, 9.17) is 21.7 Å². The van der Waals surface area contributed by atoms with Gasteiger partial charge in [0.1, 0.15) is 11.5 Å². The van der Waals surface area contributed by atoms with Crippen LogP contribution >= 0.6 is 0 Å². The van der Waals surface area contributed by atoms with Crippen molar-refractivity contribution in [2.75, 3.05) is 32.4 Å². The second-order valence-corrected chi connectivity index (χ2v) is 15.1. The standard InChI is InChI=1S/C25H20N6O3.C14H11N3O.C11H11N3O3.CH3F/c1-15-23(31(30-27-15)18-11-13-19(34-2)14-12-18)25(33)26-17-9-7-16(8-10-17)22-20-5-3-4-6-21(20)24(32)29-28-22;15-10-7-5-9(6-8-10)13-11-3-1-2-4-12(11)14(18)17-16-13;1-7-10(11(15)16)14(13-12-7)8-3-5-9(17-2)6-4-8;1-2/h3-14H,1-2H3,(H,26,33)(H,29,32);1-8H,15H2,(H,17,18);3-6H,1-2H3,(H,15,16);1H3/i;;;1D. The number of carbonyl (C=O) groups excluding carboxylic acids is 1. The van der Waals surface area contributed by atoms with Crippen molar-refractivity contribution in [3.63, 3.8) is 0 Å². The van der Waals surface area contributed by atoms with Crippen LogP contribution in [0.25, 0.3) is 55.4 Å². The summed E-state index contributed by atoms with van der Waals surface area (Å²) in [5, 5.41) is 43.9. The minimum absolute atomic E-state index is 0.0650. The molecule has 6 N–H and O–H groups in total. The molecule has 0 bridgehead atoms. The molecule has 0 fully saturated rings. The van der Waals surface area contributed by atoms with Gasteiger partial charge in [0.05, 0.1) is 67.7 Å². The predicted octanol–water partition coefficient (Wildman–Crippen LogP) is 7.78. The van der Waals surface area contributed by atoms with Gasteiger partial charge in [-0.15, -0.1) is 10.2 Å². The number of aryl methyl sites for hydroxylation is 2. The number of amides is 1. The number of alkyl halides is 1. The second-order valence-electron chi connectivity index (χ2n) is 15.1. The van der Waals surface area contributed by atoms with Crippen molar-refractivity contribution >= 4 is 44.8 Å². The predicted molar refractivity (Wildman–Crippen MR) is 267 cm³/mol. The summed E-state index contributed by atoms with van der Waals surface area (Å²) in [6.07, 6.45) is 0. The van der Waals surface area contributed by atoms with Crippen molar-refractivity contribution in [1.29, 1.82) is 0 Å². The topological polar surface area (TPSA) is 264 Å². The molecule has 6 aromatic carbocycles. The molecule has 0 spiro atoms. The lowest BCUT2D eigenvalue weighted by atomic mass is 10.0. The van der Waals surface area contributed by atoms with Gasteiger partial charge in [0, 0.05) is 33.3 Å². The zero-order valence-corrected chi connectivity index (χ0v) is 38.5. The van der Waals surface area contributed by atoms with Crippen molar-refractivity contribution in [2.24, 2.45) is 0 Å². The van der Waals surface area contributed by atoms with Crippen LogP contribution in [0.1, 0.15) is 33.7 Å². The number of nitrogen functional groups attached to an aromatic ring is 1. The molecule has 4 heterocycles. The van der Waals surface area contributed by atoms with Crippen molar-refractivity contribution < 1.29 is 29.9 Å². The van der Waals surface area contributed by atoms with E-state index < -0.39 is 13.1 Å². The number of anilines is 2. The van der Waals surface area contributed by atoms with Gasteiger partial charge in [0.25, 0.3) is 17.0 Å². The Hall–Kier alpha value is -9.85. The average molecular weight is 958 g/mol. The Morgan fingerprint density at radius 2 is 1.01 bits per heavy atom. The molecule has 0 aliphatic carbocycles. The maximum absolute atomic E-state index is 13.1. The third-order valence-electron chi connectivity index (χ3n) is 10.7. The Balaban J connectivity index is 0.000000168. The second kappa shape index (κ2) is 22.3. The fourth-order valence-electron chi connectivity index (χ4n) is 7.24. The van der Waals surface area contributed by atoms with Crippen LogP contribution in [0.3, 0.4) is 0 Å². The van der Waals surface area contributed by atoms with Crippen LogP contribution in [-0.4, -0.2) is 88.7 Å². The number of ether oxygens (including phenoxy) is 2. The number of aromatic amines is 2. The van der Waals surface area contributed by atoms with E-state index in [1.807, 2.05) is 72.8 Å². The molecule has 358 valence electrons. The summed E-state index contributed by atoms with van der Waals surface area (Å²) in [5.74, 6) is 0.0147. The molecule has 0 radical (unpaired) electrons. The largest absolute Gasteiger partial charge is 0.497 e. The van der Waals surface area contributed by atoms with Gasteiger partial charge < -0.3 is 25.6 Å². The third-order valence-corrected chi connectivity index (χ3v) is 10.7. The molecule has 10 rings (SSSR count). The monoisotopic (exact) mass is 957 g/mol. The van der Waals surface area contributed by atoms with E-state index in [1.165, 1.54) is 9.36 Å². The van der Waals surface area contributed by atoms with E-state index in [2.05, 4.69) is 46.3 Å². The van der Waals surface area contributed by atoms with E-state index in [1.54, 1.807) is 101 Å². The van der Waals surface area contributed by atoms with Gasteiger partial charge in [0.2, 0.25) is 0 Å². The normalized spacial score (nSPS) is 10.6. The Morgan fingerprint density at radius 3 is 1.44 bits per heavy atom. The number of rotatable bonds is 9. The number of nitrogens with two attached hydrogens (primary N) is 1. The molecule has 4 aromatic heterocycles. The van der Waals surface area contributed by atoms with Gasteiger partial charge in [-0.1, -0.05) is 71.1 Å². The molecular weight excluding hydrogens is 912 g/mol. The van der Waals surface area contributed by atoms with Gasteiger partial charge >= 0.3 is 5.97 Å². The third kappa shape index (κ3) is 11.0. The van der Waals surface area contributed by atoms with Crippen LogP contribution in [0.4, 0.5) is 15.8 Å². The number of hydrogen-bond donors (Lipinski definition) is 5. The Labute approximate surface area is 404 Å². The fourth-order valence-corrected chi connectivity index (χ4v) is 7.24. The van der Waals surface area contributed by atoms with Crippen molar-refractivity contribution in [3.05, 3.63) is 189 Å². The highest BCUT2D eigenvalue weighted by Crippen LogP contribution is 2.27. The van der Waals surface area contributed by atoms with Crippen LogP contribution < -0.4 is 31.6 Å². The van der Waals surface area contributed by atoms with E-state index in [-0.39, 0.29) is 22.7 Å². The number of methoxy groups -OCH3 is 2. The number of fused-ring (bicyclic) bond motifs is 2. The van der Waals surface area contributed by atoms with Gasteiger partial charge in [-0.2, -0.15) is 10.2 Å². The van der Waals surface area contributed by atoms with Gasteiger partial charge in [-0.05, 0) is 98.8 Å². The minimum atomic E-state index is -1.05. The zero-order chi connectivity index (χ0) is 51.3. The number of nitrogens with one attached hydrogen (secondary N) is 3. The van der Waals surface area contributed by atoms with Crippen LogP contribution in [0, 0.1) is 13.8 Å². The lowest BCUT2D eigenvalue weighted by Crippen LogP contribution is -2.18. The molecule has 10 aromatic rings. The molecule has 0 atom stereocenters. The molecular formula is C51H45FN12O7. The van der Waals surface area contributed by atoms with Crippen LogP contribution in [0.15, 0.2) is 155 Å². The quantitative estimate of drug-likeness (QED) is 0.0866. The SMILES string of the molecule is COc1ccc(-n2nnc(C)c2C(=O)Nc2ccc(-c3n[nH]c(=O)c4ccccc34)cc2)cc1.COc1ccc(-n2nnc(C)c2C(=O)O)cc1.Nc1ccc(-c2n[nH]c(=O)c3ccccc23)cc1.[2H]CF. The first kappa shape index (κ1) is 47.6. The highest BCUT2D eigenvalue weighted by Gasteiger charge is 2.20. The molecule has 0 saturated carbocycles. The average Bonchev–Trinajstić information content (AvgIpc) is 4.00. The highest BCUT2D eigenvalue weighted by atomic mass is 19.1. The first-order valence-corrected chi connectivity index (χ1v) is 21.3. The lowest BCUT2D eigenvalue weighted by Gasteiger charge is -2.10. The van der Waals surface area contributed by atoms with E-state index in [0.717, 1.165) is 27.6 Å². The molecule has 20 heteroatoms. The number of carboxylic acid groups (broad SMARTS) is 1. The summed E-state index contributed by atoms with van der Waals surface area (Å²) in [6.45, 7) is 3.34. The maximum atomic E-state index is 13.1. The van der Waals surface area contributed by atoms with Gasteiger partial charge in [-0.25, -0.2) is 24.4 Å². The molecule has 1 amide bonds. The van der Waals surface area contributed by atoms with Crippen molar-refractivity contribution in [2.45, 2.75) is 13.8 Å². The smallest absolute Gasteiger partial charge is 0.356 e. The number of nitrogens with zero attached hydrogens (tertiary/aromatic N) is 8. The summed E-state index contributed by atoms with van der Waals surface area (Å²) in [7, 11) is 2.16. The number of aromatic nitrogens is 10. The first-order valence-electron chi connectivity index (χ1n) is 22.0. The summed E-state index contributed by atoms with van der Waals surface area (Å²) >= 11 is 0. The summed E-state index contributed by atoms with van der Waals surface area (Å²) in [4.78, 5) is 47.9. The molecule has 0 aliphatic heterocycles. The van der Waals surface area contributed by atoms with E-state index >= 15 is 0 Å². The Bertz CT molecular complexity index is 3600. The number of benzene rings is 6. The van der Waals surface area contributed by atoms with Crippen LogP contribution in [0.5, 0.6) is 11.5 Å². The van der Waals surface area contributed by atoms with E-state index in [0.29, 0.717) is 67.8 Å². The van der Waals surface area contributed by atoms with Crippen molar-refractivity contribution in [3.8, 4) is 45.4 Å². The molecule has 0 saturated heterocycles. The molecule has 19 nitrogen and oxygen atoms in total. The molecule has 0 aliphatic rings. The summed E-state index contributed by atoms with van der Waals surface area (Å²) in [6, 6.07) is 43.5. The highest BCUT2D eigenvalue weighted by molar-refractivity contribution is 6.04. The molecule has 71 heavy (non-hydrogen) atoms. The zero-order valence-electron chi connectivity index (χ0n) is 39.5. The van der Waals surface area contributed by atoms with Gasteiger partial charge in [-0.3, -0.25) is 18.8 Å². The fraction of sp³-hybridized carbons (Fsp3) is 0.0980. The Kier molecular flexibility index (Phi) is 15.0. The summed E-state index contributed by atoms with van der Waals surface area (Å²) < 4.78 is 28.5. The van der Waals surface area contributed by atoms with E-state index in [9.17, 15) is 23.6 Å². The molecule has 0 unspecified atom stereocenters. The lowest BCUT2D eigenvalue weighted by molar-refractivity contribution is 0.0686. The van der Waals surface area contributed by atoms with Gasteiger partial charge in [0.15, 0.2) is 11.4 Å². The van der Waals surface area contributed by atoms with Crippen LogP contribution in [0.2, 0.25) is 0 Å².